The molecule has 0 saturated heterocycles. The lowest BCUT2D eigenvalue weighted by atomic mass is 10.0. The number of hydrogen-bond acceptors (Lipinski definition) is 4. The first kappa shape index (κ1) is 29.4. The van der Waals surface area contributed by atoms with Crippen LogP contribution in [0.2, 0.25) is 0 Å². The number of hydrazone groups is 1. The van der Waals surface area contributed by atoms with Crippen LogP contribution in [0.4, 0.5) is 11.4 Å². The van der Waals surface area contributed by atoms with E-state index in [9.17, 15) is 0 Å². The van der Waals surface area contributed by atoms with Gasteiger partial charge in [0.2, 0.25) is 0 Å². The molecule has 0 saturated carbocycles. The maximum atomic E-state index is 4.96. The van der Waals surface area contributed by atoms with Gasteiger partial charge in [-0.25, -0.2) is 0 Å². The van der Waals surface area contributed by atoms with Crippen LogP contribution in [0.1, 0.15) is 50.9 Å². The third-order valence-electron chi connectivity index (χ3n) is 5.52. The summed E-state index contributed by atoms with van der Waals surface area (Å²) in [5.74, 6) is 0. The van der Waals surface area contributed by atoms with E-state index in [-0.39, 0.29) is 20.9 Å². The second kappa shape index (κ2) is 14.6. The van der Waals surface area contributed by atoms with Gasteiger partial charge in [0, 0.05) is 32.7 Å². The Morgan fingerprint density at radius 2 is 1.54 bits per heavy atom. The largest absolute Gasteiger partial charge is 0.378 e. The molecule has 1 aliphatic heterocycles. The van der Waals surface area contributed by atoms with E-state index in [1.807, 2.05) is 13.0 Å². The summed E-state index contributed by atoms with van der Waals surface area (Å²) in [6.45, 7) is 8.12. The monoisotopic (exact) mass is 470 g/mol. The van der Waals surface area contributed by atoms with Crippen molar-refractivity contribution in [1.82, 2.24) is 0 Å². The topological polar surface area (TPSA) is 31.2 Å². The minimum absolute atomic E-state index is 0. The average molecular weight is 471 g/mol. The van der Waals surface area contributed by atoms with Crippen molar-refractivity contribution in [2.45, 2.75) is 41.2 Å². The summed E-state index contributed by atoms with van der Waals surface area (Å²) in [4.78, 5) is 5.61. The van der Waals surface area contributed by atoms with E-state index in [1.165, 1.54) is 22.4 Å². The predicted molar refractivity (Wildman–Crippen MR) is 158 cm³/mol. The number of hydrogen-bond donors (Lipinski definition) is 0. The number of para-hydroxylation sites is 1. The Balaban J connectivity index is 0.000000950. The van der Waals surface area contributed by atoms with E-state index in [0.717, 1.165) is 24.4 Å². The number of anilines is 2. The first-order valence-electron chi connectivity index (χ1n) is 11.4. The van der Waals surface area contributed by atoms with Gasteiger partial charge < -0.3 is 9.89 Å². The normalized spacial score (nSPS) is 14.2. The van der Waals surface area contributed by atoms with Crippen LogP contribution in [0, 0.1) is 6.92 Å². The lowest BCUT2D eigenvalue weighted by Gasteiger charge is -2.24. The first-order valence-corrected chi connectivity index (χ1v) is 11.4. The molecule has 0 amide bonds. The smallest absolute Gasteiger partial charge is 0.0831 e. The van der Waals surface area contributed by atoms with Crippen molar-refractivity contribution in [3.05, 3.63) is 102 Å². The summed E-state index contributed by atoms with van der Waals surface area (Å²) in [7, 11) is 4.13. The van der Waals surface area contributed by atoms with Gasteiger partial charge in [-0.1, -0.05) is 81.1 Å². The van der Waals surface area contributed by atoms with Crippen LogP contribution in [-0.4, -0.2) is 33.1 Å². The van der Waals surface area contributed by atoms with Crippen LogP contribution >= 0.6 is 0 Å². The van der Waals surface area contributed by atoms with Gasteiger partial charge >= 0.3 is 0 Å². The van der Waals surface area contributed by atoms with E-state index in [2.05, 4.69) is 128 Å². The summed E-state index contributed by atoms with van der Waals surface area (Å²) in [6.07, 6.45) is 5.19. The quantitative estimate of drug-likeness (QED) is 0.341. The molecule has 0 fully saturated rings. The molecule has 3 aromatic carbocycles. The number of rotatable bonds is 6. The van der Waals surface area contributed by atoms with Gasteiger partial charge in [0.15, 0.2) is 0 Å². The fourth-order valence-electron chi connectivity index (χ4n) is 3.58. The van der Waals surface area contributed by atoms with Crippen LogP contribution in [0.15, 0.2) is 95.0 Å². The molecule has 0 spiro atoms. The molecule has 1 heterocycles. The van der Waals surface area contributed by atoms with Crippen molar-refractivity contribution in [2.75, 3.05) is 30.5 Å². The molecular weight excluding hydrogens is 428 g/mol. The zero-order valence-corrected chi connectivity index (χ0v) is 20.1. The summed E-state index contributed by atoms with van der Waals surface area (Å²) in [5.41, 5.74) is 7.17. The van der Waals surface area contributed by atoms with Crippen LogP contribution in [-0.2, 0) is 0 Å². The molecule has 0 N–H and O–H groups in total. The molecule has 0 aliphatic carbocycles. The third kappa shape index (κ3) is 8.25. The predicted octanol–water partition coefficient (Wildman–Crippen LogP) is 8.06. The molecule has 3 aromatic rings. The molecule has 0 aromatic heterocycles. The highest BCUT2D eigenvalue weighted by Crippen LogP contribution is 2.36. The van der Waals surface area contributed by atoms with Gasteiger partial charge in [0.05, 0.1) is 17.4 Å². The van der Waals surface area contributed by atoms with Gasteiger partial charge in [0.1, 0.15) is 0 Å². The first-order chi connectivity index (χ1) is 16.0. The number of benzene rings is 3. The van der Waals surface area contributed by atoms with Crippen molar-refractivity contribution >= 4 is 29.9 Å². The zero-order valence-electron chi connectivity index (χ0n) is 20.1. The van der Waals surface area contributed by atoms with Gasteiger partial charge in [-0.3, -0.25) is 5.01 Å². The standard InChI is InChI=1S/C26H27N3.C3H7N.2CH4/c1-20-9-11-21(12-10-20)13-16-23-19-26(22-14-17-24(18-15-22)28(2)3)29(27-23)25-7-5-4-6-8-25;1-3-4-2;;/h4-18,26H,19H2,1-3H3;2-3H2,1H3;2*1H4/b16-13+;;;. The Kier molecular flexibility index (Phi) is 12.2. The molecule has 4 nitrogen and oxygen atoms in total. The molecular formula is C31H42N4. The van der Waals surface area contributed by atoms with Crippen LogP contribution in [0.5, 0.6) is 0 Å². The summed E-state index contributed by atoms with van der Waals surface area (Å²) < 4.78 is 0. The lowest BCUT2D eigenvalue weighted by Crippen LogP contribution is -2.18. The summed E-state index contributed by atoms with van der Waals surface area (Å²) >= 11 is 0. The van der Waals surface area contributed by atoms with Crippen LogP contribution in [0.25, 0.3) is 6.08 Å². The molecule has 4 heteroatoms. The molecule has 4 rings (SSSR count). The van der Waals surface area contributed by atoms with Gasteiger partial charge in [-0.05, 0) is 62.0 Å². The fourth-order valence-corrected chi connectivity index (χ4v) is 3.58. The van der Waals surface area contributed by atoms with E-state index in [4.69, 9.17) is 5.10 Å². The Hall–Kier alpha value is -3.66. The highest BCUT2D eigenvalue weighted by molar-refractivity contribution is 6.01. The van der Waals surface area contributed by atoms with E-state index < -0.39 is 0 Å². The Bertz CT molecular complexity index is 1070. The lowest BCUT2D eigenvalue weighted by molar-refractivity contribution is 0.709. The van der Waals surface area contributed by atoms with Crippen molar-refractivity contribution in [3.8, 4) is 0 Å². The average Bonchev–Trinajstić information content (AvgIpc) is 3.29. The maximum Gasteiger partial charge on any atom is 0.0831 e. The zero-order chi connectivity index (χ0) is 23.6. The number of aliphatic imine (C=N–C) groups is 1. The Morgan fingerprint density at radius 1 is 0.943 bits per heavy atom. The van der Waals surface area contributed by atoms with Gasteiger partial charge in [-0.15, -0.1) is 0 Å². The van der Waals surface area contributed by atoms with E-state index >= 15 is 0 Å². The number of aryl methyl sites for hydroxylation is 1. The molecule has 35 heavy (non-hydrogen) atoms. The highest BCUT2D eigenvalue weighted by Gasteiger charge is 2.28. The minimum Gasteiger partial charge on any atom is -0.378 e. The molecule has 186 valence electrons. The molecule has 0 bridgehead atoms. The van der Waals surface area contributed by atoms with Gasteiger partial charge in [0.25, 0.3) is 0 Å². The second-order valence-electron chi connectivity index (χ2n) is 8.26. The van der Waals surface area contributed by atoms with Crippen molar-refractivity contribution in [1.29, 1.82) is 0 Å². The maximum absolute atomic E-state index is 4.96. The van der Waals surface area contributed by atoms with Gasteiger partial charge in [-0.2, -0.15) is 5.10 Å². The molecule has 1 atom stereocenters. The van der Waals surface area contributed by atoms with Crippen molar-refractivity contribution in [3.63, 3.8) is 0 Å². The number of nitrogens with zero attached hydrogens (tertiary/aromatic N) is 4. The van der Waals surface area contributed by atoms with Crippen molar-refractivity contribution < 1.29 is 0 Å². The summed E-state index contributed by atoms with van der Waals surface area (Å²) in [6, 6.07) is 28.0. The molecule has 0 radical (unpaired) electrons. The fraction of sp³-hybridized carbons (Fsp3) is 0.290. The Morgan fingerprint density at radius 3 is 2.09 bits per heavy atom. The van der Waals surface area contributed by atoms with E-state index in [1.54, 1.807) is 0 Å². The van der Waals surface area contributed by atoms with Crippen LogP contribution < -0.4 is 9.91 Å². The summed E-state index contributed by atoms with van der Waals surface area (Å²) in [5, 5.41) is 7.11. The second-order valence-corrected chi connectivity index (χ2v) is 8.26. The number of allylic oxidation sites excluding steroid dienone is 1. The van der Waals surface area contributed by atoms with E-state index in [0.29, 0.717) is 0 Å². The molecule has 1 aliphatic rings. The Labute approximate surface area is 213 Å². The SMILES string of the molecule is C.C.C=NCC.Cc1ccc(/C=C/C2=NN(c3ccccc3)C(c3ccc(N(C)C)cc3)C2)cc1. The third-order valence-corrected chi connectivity index (χ3v) is 5.52. The van der Waals surface area contributed by atoms with Crippen LogP contribution in [0.3, 0.4) is 0 Å². The minimum atomic E-state index is 0. The highest BCUT2D eigenvalue weighted by atomic mass is 15.5. The molecule has 1 unspecified atom stereocenters. The van der Waals surface area contributed by atoms with Crippen molar-refractivity contribution in [2.24, 2.45) is 10.1 Å².